The maximum atomic E-state index is 12.5. The average molecular weight is 386 g/mol. The SMILES string of the molecule is COCCOc1ccc(NC(=O)c2cnn(-c3ccccc3C)c2)cc1Cl. The number of benzene rings is 2. The smallest absolute Gasteiger partial charge is 0.258 e. The molecule has 0 fully saturated rings. The Morgan fingerprint density at radius 1 is 1.22 bits per heavy atom. The zero-order valence-electron chi connectivity index (χ0n) is 15.1. The van der Waals surface area contributed by atoms with Crippen molar-refractivity contribution in [3.8, 4) is 11.4 Å². The van der Waals surface area contributed by atoms with Gasteiger partial charge in [0.1, 0.15) is 12.4 Å². The number of ether oxygens (including phenoxy) is 2. The minimum absolute atomic E-state index is 0.265. The third kappa shape index (κ3) is 4.67. The highest BCUT2D eigenvalue weighted by atomic mass is 35.5. The summed E-state index contributed by atoms with van der Waals surface area (Å²) >= 11 is 6.21. The van der Waals surface area contributed by atoms with E-state index in [0.29, 0.717) is 35.2 Å². The van der Waals surface area contributed by atoms with Gasteiger partial charge in [-0.15, -0.1) is 0 Å². The summed E-state index contributed by atoms with van der Waals surface area (Å²) in [5.74, 6) is 0.276. The van der Waals surface area contributed by atoms with Crippen molar-refractivity contribution in [2.75, 3.05) is 25.6 Å². The Morgan fingerprint density at radius 3 is 2.78 bits per heavy atom. The molecular formula is C20H20ClN3O3. The highest BCUT2D eigenvalue weighted by Gasteiger charge is 2.12. The highest BCUT2D eigenvalue weighted by Crippen LogP contribution is 2.28. The Morgan fingerprint density at radius 2 is 2.04 bits per heavy atom. The molecule has 0 spiro atoms. The number of methoxy groups -OCH3 is 1. The second-order valence-electron chi connectivity index (χ2n) is 5.90. The van der Waals surface area contributed by atoms with Crippen molar-refractivity contribution < 1.29 is 14.3 Å². The number of nitrogens with one attached hydrogen (secondary N) is 1. The molecule has 7 heteroatoms. The molecule has 0 unspecified atom stereocenters. The molecule has 1 amide bonds. The number of amides is 1. The summed E-state index contributed by atoms with van der Waals surface area (Å²) in [6.07, 6.45) is 3.23. The molecule has 2 aromatic carbocycles. The van der Waals surface area contributed by atoms with E-state index >= 15 is 0 Å². The number of hydrogen-bond donors (Lipinski definition) is 1. The summed E-state index contributed by atoms with van der Waals surface area (Å²) in [6, 6.07) is 12.9. The van der Waals surface area contributed by atoms with Crippen molar-refractivity contribution in [2.45, 2.75) is 6.92 Å². The van der Waals surface area contributed by atoms with Crippen LogP contribution in [0, 0.1) is 6.92 Å². The van der Waals surface area contributed by atoms with Crippen molar-refractivity contribution in [3.63, 3.8) is 0 Å². The van der Waals surface area contributed by atoms with Gasteiger partial charge in [0.05, 0.1) is 29.1 Å². The van der Waals surface area contributed by atoms with E-state index in [-0.39, 0.29) is 5.91 Å². The van der Waals surface area contributed by atoms with Gasteiger partial charge in [-0.3, -0.25) is 4.79 Å². The van der Waals surface area contributed by atoms with Crippen LogP contribution >= 0.6 is 11.6 Å². The number of hydrogen-bond acceptors (Lipinski definition) is 4. The lowest BCUT2D eigenvalue weighted by Crippen LogP contribution is -2.11. The van der Waals surface area contributed by atoms with Crippen LogP contribution in [0.4, 0.5) is 5.69 Å². The Hall–Kier alpha value is -2.83. The molecule has 1 aromatic heterocycles. The molecular weight excluding hydrogens is 366 g/mol. The summed E-state index contributed by atoms with van der Waals surface area (Å²) in [7, 11) is 1.60. The quantitative estimate of drug-likeness (QED) is 0.621. The molecule has 0 bridgehead atoms. The molecule has 0 aliphatic rings. The number of halogens is 1. The number of rotatable bonds is 7. The van der Waals surface area contributed by atoms with Gasteiger partial charge >= 0.3 is 0 Å². The summed E-state index contributed by atoms with van der Waals surface area (Å²) < 4.78 is 12.1. The van der Waals surface area contributed by atoms with Crippen molar-refractivity contribution in [1.82, 2.24) is 9.78 Å². The van der Waals surface area contributed by atoms with Gasteiger partial charge in [-0.2, -0.15) is 5.10 Å². The number of aryl methyl sites for hydroxylation is 1. The minimum atomic E-state index is -0.265. The molecule has 27 heavy (non-hydrogen) atoms. The Labute approximate surface area is 162 Å². The van der Waals surface area contributed by atoms with Gasteiger partial charge in [0.25, 0.3) is 5.91 Å². The van der Waals surface area contributed by atoms with Gasteiger partial charge in [-0.05, 0) is 36.8 Å². The Kier molecular flexibility index (Phi) is 6.11. The fourth-order valence-corrected chi connectivity index (χ4v) is 2.76. The van der Waals surface area contributed by atoms with Crippen LogP contribution in [-0.2, 0) is 4.74 Å². The molecule has 0 saturated carbocycles. The van der Waals surface area contributed by atoms with E-state index in [1.165, 1.54) is 6.20 Å². The van der Waals surface area contributed by atoms with Crippen LogP contribution in [-0.4, -0.2) is 36.0 Å². The summed E-state index contributed by atoms with van der Waals surface area (Å²) in [5, 5.41) is 7.51. The molecule has 3 aromatic rings. The second kappa shape index (κ2) is 8.70. The van der Waals surface area contributed by atoms with Gasteiger partial charge in [0.15, 0.2) is 0 Å². The van der Waals surface area contributed by atoms with Crippen LogP contribution in [0.15, 0.2) is 54.9 Å². The number of para-hydroxylation sites is 1. The number of aromatic nitrogens is 2. The molecule has 0 aliphatic carbocycles. The van der Waals surface area contributed by atoms with E-state index in [4.69, 9.17) is 21.1 Å². The van der Waals surface area contributed by atoms with E-state index in [9.17, 15) is 4.79 Å². The first-order valence-corrected chi connectivity index (χ1v) is 8.79. The molecule has 0 atom stereocenters. The number of nitrogens with zero attached hydrogens (tertiary/aromatic N) is 2. The Bertz CT molecular complexity index is 940. The van der Waals surface area contributed by atoms with Gasteiger partial charge < -0.3 is 14.8 Å². The number of carbonyl (C=O) groups excluding carboxylic acids is 1. The topological polar surface area (TPSA) is 65.4 Å². The van der Waals surface area contributed by atoms with E-state index < -0.39 is 0 Å². The van der Waals surface area contributed by atoms with Crippen LogP contribution in [0.5, 0.6) is 5.75 Å². The van der Waals surface area contributed by atoms with Gasteiger partial charge in [0.2, 0.25) is 0 Å². The van der Waals surface area contributed by atoms with Crippen LogP contribution in [0.3, 0.4) is 0 Å². The highest BCUT2D eigenvalue weighted by molar-refractivity contribution is 6.32. The second-order valence-corrected chi connectivity index (χ2v) is 6.31. The van der Waals surface area contributed by atoms with E-state index in [1.807, 2.05) is 31.2 Å². The van der Waals surface area contributed by atoms with Crippen molar-refractivity contribution >= 4 is 23.2 Å². The predicted octanol–water partition coefficient (Wildman–Crippen LogP) is 4.11. The molecule has 0 saturated heterocycles. The first-order chi connectivity index (χ1) is 13.1. The fraction of sp³-hybridized carbons (Fsp3) is 0.200. The summed E-state index contributed by atoms with van der Waals surface area (Å²) in [6.45, 7) is 2.87. The third-order valence-corrected chi connectivity index (χ3v) is 4.24. The standard InChI is InChI=1S/C20H20ClN3O3/c1-14-5-3-4-6-18(14)24-13-15(12-22-24)20(25)23-16-7-8-19(17(21)11-16)27-10-9-26-2/h3-8,11-13H,9-10H2,1-2H3,(H,23,25). The first kappa shape index (κ1) is 18.9. The molecule has 1 N–H and O–H groups in total. The first-order valence-electron chi connectivity index (χ1n) is 8.42. The maximum Gasteiger partial charge on any atom is 0.258 e. The zero-order chi connectivity index (χ0) is 19.2. The van der Waals surface area contributed by atoms with Gasteiger partial charge in [-0.1, -0.05) is 29.8 Å². The lowest BCUT2D eigenvalue weighted by molar-refractivity contribution is 0.102. The predicted molar refractivity (Wildman–Crippen MR) is 105 cm³/mol. The normalized spacial score (nSPS) is 10.6. The average Bonchev–Trinajstić information content (AvgIpc) is 3.14. The van der Waals surface area contributed by atoms with E-state index in [2.05, 4.69) is 10.4 Å². The summed E-state index contributed by atoms with van der Waals surface area (Å²) in [4.78, 5) is 12.5. The molecule has 0 aliphatic heterocycles. The molecule has 0 radical (unpaired) electrons. The van der Waals surface area contributed by atoms with Crippen molar-refractivity contribution in [2.24, 2.45) is 0 Å². The van der Waals surface area contributed by atoms with Crippen LogP contribution in [0.25, 0.3) is 5.69 Å². The van der Waals surface area contributed by atoms with Gasteiger partial charge in [-0.25, -0.2) is 4.68 Å². The largest absolute Gasteiger partial charge is 0.490 e. The zero-order valence-corrected chi connectivity index (χ0v) is 15.9. The van der Waals surface area contributed by atoms with Crippen LogP contribution < -0.4 is 10.1 Å². The number of carbonyl (C=O) groups is 1. The maximum absolute atomic E-state index is 12.5. The fourth-order valence-electron chi connectivity index (χ4n) is 2.53. The van der Waals surface area contributed by atoms with Gasteiger partial charge in [0, 0.05) is 19.0 Å². The molecule has 140 valence electrons. The number of anilines is 1. The minimum Gasteiger partial charge on any atom is -0.490 e. The van der Waals surface area contributed by atoms with Crippen molar-refractivity contribution in [1.29, 1.82) is 0 Å². The lowest BCUT2D eigenvalue weighted by Gasteiger charge is -2.10. The van der Waals surface area contributed by atoms with Crippen molar-refractivity contribution in [3.05, 3.63) is 71.0 Å². The monoisotopic (exact) mass is 385 g/mol. The molecule has 1 heterocycles. The van der Waals surface area contributed by atoms with Crippen LogP contribution in [0.1, 0.15) is 15.9 Å². The van der Waals surface area contributed by atoms with E-state index in [1.54, 1.807) is 36.2 Å². The third-order valence-electron chi connectivity index (χ3n) is 3.94. The summed E-state index contributed by atoms with van der Waals surface area (Å²) in [5.41, 5.74) is 3.03. The lowest BCUT2D eigenvalue weighted by atomic mass is 10.2. The molecule has 6 nitrogen and oxygen atoms in total. The molecule has 3 rings (SSSR count). The van der Waals surface area contributed by atoms with E-state index in [0.717, 1.165) is 11.3 Å². The Balaban J connectivity index is 1.69. The van der Waals surface area contributed by atoms with Crippen LogP contribution in [0.2, 0.25) is 5.02 Å².